The summed E-state index contributed by atoms with van der Waals surface area (Å²) in [7, 11) is 3.35. The molecule has 114 valence electrons. The van der Waals surface area contributed by atoms with Crippen molar-refractivity contribution in [1.29, 1.82) is 0 Å². The van der Waals surface area contributed by atoms with Gasteiger partial charge in [-0.15, -0.1) is 0 Å². The fourth-order valence-electron chi connectivity index (χ4n) is 2.04. The average molecular weight is 310 g/mol. The van der Waals surface area contributed by atoms with E-state index in [0.29, 0.717) is 18.2 Å². The molecule has 2 aromatic rings. The molecule has 0 radical (unpaired) electrons. The highest BCUT2D eigenvalue weighted by Gasteiger charge is 2.06. The predicted molar refractivity (Wildman–Crippen MR) is 82.9 cm³/mol. The topological polar surface area (TPSA) is 48.3 Å². The van der Waals surface area contributed by atoms with Gasteiger partial charge in [0.15, 0.2) is 0 Å². The Morgan fingerprint density at radius 1 is 1.33 bits per heavy atom. The molecule has 0 atom stereocenters. The predicted octanol–water partition coefficient (Wildman–Crippen LogP) is 2.33. The van der Waals surface area contributed by atoms with Gasteiger partial charge in [-0.1, -0.05) is 11.6 Å². The second-order valence-corrected chi connectivity index (χ2v) is 5.11. The molecule has 0 saturated heterocycles. The molecule has 0 aliphatic heterocycles. The standard InChI is InChI=1S/C15H20ClN3O2/c1-20-6-5-17-8-12-9-18-19(10-12)11-13-7-14(16)3-4-15(13)21-2/h3-4,7,9-10,17H,5-6,8,11H2,1-2H3. The molecule has 0 fully saturated rings. The van der Waals surface area contributed by atoms with Crippen LogP contribution in [0.3, 0.4) is 0 Å². The summed E-state index contributed by atoms with van der Waals surface area (Å²) in [6.45, 7) is 2.93. The highest BCUT2D eigenvalue weighted by molar-refractivity contribution is 6.30. The van der Waals surface area contributed by atoms with Crippen molar-refractivity contribution in [2.45, 2.75) is 13.1 Å². The first-order valence-electron chi connectivity index (χ1n) is 6.76. The Morgan fingerprint density at radius 3 is 2.95 bits per heavy atom. The van der Waals surface area contributed by atoms with Crippen molar-refractivity contribution in [1.82, 2.24) is 15.1 Å². The lowest BCUT2D eigenvalue weighted by atomic mass is 10.2. The van der Waals surface area contributed by atoms with Crippen molar-refractivity contribution < 1.29 is 9.47 Å². The number of hydrogen-bond donors (Lipinski definition) is 1. The minimum absolute atomic E-state index is 0.627. The van der Waals surface area contributed by atoms with Crippen LogP contribution in [0.2, 0.25) is 5.02 Å². The monoisotopic (exact) mass is 309 g/mol. The van der Waals surface area contributed by atoms with E-state index in [2.05, 4.69) is 10.4 Å². The molecule has 1 aromatic carbocycles. The van der Waals surface area contributed by atoms with Gasteiger partial charge in [-0.05, 0) is 18.2 Å². The van der Waals surface area contributed by atoms with Crippen LogP contribution in [-0.2, 0) is 17.8 Å². The maximum Gasteiger partial charge on any atom is 0.124 e. The van der Waals surface area contributed by atoms with E-state index in [0.717, 1.165) is 30.0 Å². The molecule has 0 aliphatic rings. The van der Waals surface area contributed by atoms with Gasteiger partial charge in [0.2, 0.25) is 0 Å². The normalized spacial score (nSPS) is 10.8. The molecule has 1 N–H and O–H groups in total. The Morgan fingerprint density at radius 2 is 2.19 bits per heavy atom. The van der Waals surface area contributed by atoms with Crippen LogP contribution in [0, 0.1) is 0 Å². The Hall–Kier alpha value is -1.56. The van der Waals surface area contributed by atoms with Crippen molar-refractivity contribution in [2.24, 2.45) is 0 Å². The zero-order valence-electron chi connectivity index (χ0n) is 12.3. The molecule has 0 unspecified atom stereocenters. The minimum atomic E-state index is 0.627. The minimum Gasteiger partial charge on any atom is -0.496 e. The number of rotatable bonds is 8. The number of ether oxygens (including phenoxy) is 2. The summed E-state index contributed by atoms with van der Waals surface area (Å²) in [5, 5.41) is 8.34. The van der Waals surface area contributed by atoms with Gasteiger partial charge in [0.25, 0.3) is 0 Å². The van der Waals surface area contributed by atoms with Gasteiger partial charge < -0.3 is 14.8 Å². The lowest BCUT2D eigenvalue weighted by Crippen LogP contribution is -2.18. The molecule has 2 rings (SSSR count). The molecule has 0 aliphatic carbocycles. The summed E-state index contributed by atoms with van der Waals surface area (Å²) < 4.78 is 12.2. The second kappa shape index (κ2) is 8.02. The van der Waals surface area contributed by atoms with Crippen molar-refractivity contribution >= 4 is 11.6 Å². The number of nitrogens with one attached hydrogen (secondary N) is 1. The number of halogens is 1. The largest absolute Gasteiger partial charge is 0.496 e. The molecular weight excluding hydrogens is 290 g/mol. The maximum absolute atomic E-state index is 6.04. The summed E-state index contributed by atoms with van der Waals surface area (Å²) >= 11 is 6.04. The zero-order valence-corrected chi connectivity index (χ0v) is 13.1. The molecule has 0 amide bonds. The molecule has 1 heterocycles. The van der Waals surface area contributed by atoms with E-state index < -0.39 is 0 Å². The second-order valence-electron chi connectivity index (χ2n) is 4.67. The van der Waals surface area contributed by atoms with Gasteiger partial charge in [-0.2, -0.15) is 5.10 Å². The van der Waals surface area contributed by atoms with Gasteiger partial charge >= 0.3 is 0 Å². The number of benzene rings is 1. The van der Waals surface area contributed by atoms with Crippen LogP contribution in [0.15, 0.2) is 30.6 Å². The van der Waals surface area contributed by atoms with E-state index in [1.54, 1.807) is 14.2 Å². The highest BCUT2D eigenvalue weighted by atomic mass is 35.5. The number of methoxy groups -OCH3 is 2. The molecular formula is C15H20ClN3O2. The van der Waals surface area contributed by atoms with Crippen LogP contribution < -0.4 is 10.1 Å². The van der Waals surface area contributed by atoms with Crippen LogP contribution in [0.1, 0.15) is 11.1 Å². The first kappa shape index (κ1) is 15.8. The third-order valence-electron chi connectivity index (χ3n) is 3.07. The van der Waals surface area contributed by atoms with Crippen molar-refractivity contribution in [3.05, 3.63) is 46.7 Å². The summed E-state index contributed by atoms with van der Waals surface area (Å²) in [5.41, 5.74) is 2.14. The summed E-state index contributed by atoms with van der Waals surface area (Å²) in [6.07, 6.45) is 3.87. The number of nitrogens with zero attached hydrogens (tertiary/aromatic N) is 2. The molecule has 6 heteroatoms. The third-order valence-corrected chi connectivity index (χ3v) is 3.31. The third kappa shape index (κ3) is 4.74. The van der Waals surface area contributed by atoms with Crippen LogP contribution >= 0.6 is 11.6 Å². The Balaban J connectivity index is 1.97. The van der Waals surface area contributed by atoms with Crippen molar-refractivity contribution in [3.8, 4) is 5.75 Å². The zero-order chi connectivity index (χ0) is 15.1. The van der Waals surface area contributed by atoms with Crippen molar-refractivity contribution in [3.63, 3.8) is 0 Å². The van der Waals surface area contributed by atoms with E-state index >= 15 is 0 Å². The molecule has 21 heavy (non-hydrogen) atoms. The number of hydrogen-bond acceptors (Lipinski definition) is 4. The van der Waals surface area contributed by atoms with E-state index in [-0.39, 0.29) is 0 Å². The van der Waals surface area contributed by atoms with E-state index in [9.17, 15) is 0 Å². The van der Waals surface area contributed by atoms with E-state index in [1.165, 1.54) is 0 Å². The van der Waals surface area contributed by atoms with Crippen LogP contribution in [0.4, 0.5) is 0 Å². The quantitative estimate of drug-likeness (QED) is 0.760. The fraction of sp³-hybridized carbons (Fsp3) is 0.400. The Kier molecular flexibility index (Phi) is 6.04. The number of aromatic nitrogens is 2. The van der Waals surface area contributed by atoms with Gasteiger partial charge in [-0.3, -0.25) is 4.68 Å². The Labute approximate surface area is 129 Å². The Bertz CT molecular complexity index is 572. The van der Waals surface area contributed by atoms with Crippen molar-refractivity contribution in [2.75, 3.05) is 27.4 Å². The first-order valence-corrected chi connectivity index (χ1v) is 7.14. The maximum atomic E-state index is 6.04. The van der Waals surface area contributed by atoms with Gasteiger partial charge in [-0.25, -0.2) is 0 Å². The lowest BCUT2D eigenvalue weighted by Gasteiger charge is -2.09. The van der Waals surface area contributed by atoms with Gasteiger partial charge in [0.1, 0.15) is 5.75 Å². The highest BCUT2D eigenvalue weighted by Crippen LogP contribution is 2.23. The lowest BCUT2D eigenvalue weighted by molar-refractivity contribution is 0.199. The average Bonchev–Trinajstić information content (AvgIpc) is 2.91. The molecule has 0 saturated carbocycles. The van der Waals surface area contributed by atoms with Crippen LogP contribution in [0.25, 0.3) is 0 Å². The molecule has 5 nitrogen and oxygen atoms in total. The summed E-state index contributed by atoms with van der Waals surface area (Å²) in [4.78, 5) is 0. The SMILES string of the molecule is COCCNCc1cnn(Cc2cc(Cl)ccc2OC)c1. The summed E-state index contributed by atoms with van der Waals surface area (Å²) in [6, 6.07) is 5.59. The van der Waals surface area contributed by atoms with Gasteiger partial charge in [0.05, 0.1) is 26.5 Å². The molecule has 1 aromatic heterocycles. The fourth-order valence-corrected chi connectivity index (χ4v) is 2.23. The summed E-state index contributed by atoms with van der Waals surface area (Å²) in [5.74, 6) is 0.815. The van der Waals surface area contributed by atoms with Gasteiger partial charge in [0, 0.05) is 42.5 Å². The van der Waals surface area contributed by atoms with Crippen LogP contribution in [0.5, 0.6) is 5.75 Å². The van der Waals surface area contributed by atoms with E-state index in [1.807, 2.05) is 35.3 Å². The molecule has 0 spiro atoms. The first-order chi connectivity index (χ1) is 10.2. The molecule has 0 bridgehead atoms. The van der Waals surface area contributed by atoms with E-state index in [4.69, 9.17) is 21.1 Å². The smallest absolute Gasteiger partial charge is 0.124 e. The van der Waals surface area contributed by atoms with Crippen LogP contribution in [-0.4, -0.2) is 37.2 Å².